The van der Waals surface area contributed by atoms with Gasteiger partial charge in [-0.15, -0.1) is 0 Å². The summed E-state index contributed by atoms with van der Waals surface area (Å²) in [6.45, 7) is 1.23. The van der Waals surface area contributed by atoms with Crippen LogP contribution in [0.4, 0.5) is 18.9 Å². The second-order valence-electron chi connectivity index (χ2n) is 2.61. The molecule has 7 heteroatoms. The number of hydrogen-bond acceptors (Lipinski definition) is 3. The summed E-state index contributed by atoms with van der Waals surface area (Å²) in [7, 11) is 0. The molecule has 0 N–H and O–H groups in total. The summed E-state index contributed by atoms with van der Waals surface area (Å²) in [5.74, 6) is 0. The van der Waals surface area contributed by atoms with Gasteiger partial charge in [0.05, 0.1) is 4.92 Å². The fourth-order valence-corrected chi connectivity index (χ4v) is 0.895. The number of halogens is 3. The minimum absolute atomic E-state index is 0.0580. The van der Waals surface area contributed by atoms with Crippen LogP contribution in [0, 0.1) is 17.0 Å². The van der Waals surface area contributed by atoms with Crippen molar-refractivity contribution in [3.8, 4) is 0 Å². The average molecular weight is 206 g/mol. The highest BCUT2D eigenvalue weighted by Gasteiger charge is 2.33. The zero-order chi connectivity index (χ0) is 10.9. The van der Waals surface area contributed by atoms with E-state index >= 15 is 0 Å². The Morgan fingerprint density at radius 3 is 2.43 bits per heavy atom. The molecule has 0 aliphatic rings. The molecule has 1 heterocycles. The highest BCUT2D eigenvalue weighted by atomic mass is 19.4. The lowest BCUT2D eigenvalue weighted by Gasteiger charge is -2.05. The van der Waals surface area contributed by atoms with Gasteiger partial charge < -0.3 is 0 Å². The predicted molar refractivity (Wildman–Crippen MR) is 40.6 cm³/mol. The molecule has 0 saturated carbocycles. The van der Waals surface area contributed by atoms with E-state index in [9.17, 15) is 23.3 Å². The lowest BCUT2D eigenvalue weighted by molar-refractivity contribution is -0.385. The van der Waals surface area contributed by atoms with Crippen molar-refractivity contribution >= 4 is 5.69 Å². The van der Waals surface area contributed by atoms with Gasteiger partial charge in [-0.25, -0.2) is 4.98 Å². The highest BCUT2D eigenvalue weighted by Crippen LogP contribution is 2.29. The number of nitro groups is 1. The first-order valence-electron chi connectivity index (χ1n) is 3.50. The van der Waals surface area contributed by atoms with E-state index < -0.39 is 22.5 Å². The standard InChI is InChI=1S/C7H5F3N2O2/c1-4-2-6(7(8,9)10)11-3-5(4)12(13)14/h2-3H,1H3. The predicted octanol–water partition coefficient (Wildman–Crippen LogP) is 2.32. The fraction of sp³-hybridized carbons (Fsp3) is 0.286. The van der Waals surface area contributed by atoms with E-state index in [0.717, 1.165) is 0 Å². The van der Waals surface area contributed by atoms with Crippen LogP contribution in [0.15, 0.2) is 12.3 Å². The van der Waals surface area contributed by atoms with E-state index in [1.807, 2.05) is 0 Å². The summed E-state index contributed by atoms with van der Waals surface area (Å²) >= 11 is 0. The average Bonchev–Trinajstić information content (AvgIpc) is 2.01. The third-order valence-electron chi connectivity index (χ3n) is 1.57. The molecule has 0 atom stereocenters. The molecule has 0 amide bonds. The molecule has 14 heavy (non-hydrogen) atoms. The number of rotatable bonds is 1. The second kappa shape index (κ2) is 3.24. The molecule has 0 aliphatic carbocycles. The Bertz CT molecular complexity index is 376. The van der Waals surface area contributed by atoms with Gasteiger partial charge in [-0.2, -0.15) is 13.2 Å². The third kappa shape index (κ3) is 1.98. The van der Waals surface area contributed by atoms with Crippen LogP contribution < -0.4 is 0 Å². The monoisotopic (exact) mass is 206 g/mol. The summed E-state index contributed by atoms with van der Waals surface area (Å²) < 4.78 is 36.2. The van der Waals surface area contributed by atoms with Crippen LogP contribution in [0.25, 0.3) is 0 Å². The number of aryl methyl sites for hydroxylation is 1. The number of pyridine rings is 1. The Kier molecular flexibility index (Phi) is 2.41. The molecule has 0 saturated heterocycles. The molecule has 0 spiro atoms. The van der Waals surface area contributed by atoms with E-state index in [2.05, 4.69) is 4.98 Å². The zero-order valence-electron chi connectivity index (χ0n) is 7.00. The van der Waals surface area contributed by atoms with Crippen LogP contribution in [0.5, 0.6) is 0 Å². The maximum absolute atomic E-state index is 12.1. The molecule has 0 radical (unpaired) electrons. The molecular weight excluding hydrogens is 201 g/mol. The smallest absolute Gasteiger partial charge is 0.258 e. The maximum atomic E-state index is 12.1. The third-order valence-corrected chi connectivity index (χ3v) is 1.57. The quantitative estimate of drug-likeness (QED) is 0.523. The van der Waals surface area contributed by atoms with Gasteiger partial charge in [-0.05, 0) is 13.0 Å². The Balaban J connectivity index is 3.20. The first-order chi connectivity index (χ1) is 6.32. The summed E-state index contributed by atoms with van der Waals surface area (Å²) in [5.41, 5.74) is -1.60. The minimum Gasteiger partial charge on any atom is -0.258 e. The van der Waals surface area contributed by atoms with Gasteiger partial charge in [-0.3, -0.25) is 10.1 Å². The molecule has 0 aliphatic heterocycles. The Morgan fingerprint density at radius 1 is 1.50 bits per heavy atom. The first kappa shape index (κ1) is 10.4. The number of hydrogen-bond donors (Lipinski definition) is 0. The van der Waals surface area contributed by atoms with E-state index in [1.165, 1.54) is 6.92 Å². The lowest BCUT2D eigenvalue weighted by Crippen LogP contribution is -2.08. The molecule has 0 aromatic carbocycles. The molecule has 0 fully saturated rings. The molecule has 4 nitrogen and oxygen atoms in total. The SMILES string of the molecule is Cc1cc(C(F)(F)F)ncc1[N+](=O)[O-]. The Hall–Kier alpha value is -1.66. The van der Waals surface area contributed by atoms with Crippen LogP contribution in [0.3, 0.4) is 0 Å². The summed E-state index contributed by atoms with van der Waals surface area (Å²) in [5, 5.41) is 10.3. The summed E-state index contributed by atoms with van der Waals surface area (Å²) in [6, 6.07) is 0.651. The van der Waals surface area contributed by atoms with Crippen molar-refractivity contribution in [3.05, 3.63) is 33.6 Å². The van der Waals surface area contributed by atoms with E-state index in [-0.39, 0.29) is 5.56 Å². The number of alkyl halides is 3. The second-order valence-corrected chi connectivity index (χ2v) is 2.61. The van der Waals surface area contributed by atoms with Gasteiger partial charge in [0.2, 0.25) is 0 Å². The van der Waals surface area contributed by atoms with Gasteiger partial charge in [0.15, 0.2) is 0 Å². The van der Waals surface area contributed by atoms with Crippen molar-refractivity contribution < 1.29 is 18.1 Å². The van der Waals surface area contributed by atoms with Crippen molar-refractivity contribution in [2.45, 2.75) is 13.1 Å². The Labute approximate surface area is 76.5 Å². The molecule has 0 unspecified atom stereocenters. The van der Waals surface area contributed by atoms with Crippen molar-refractivity contribution in [1.82, 2.24) is 4.98 Å². The van der Waals surface area contributed by atoms with Crippen molar-refractivity contribution in [3.63, 3.8) is 0 Å². The number of nitrogens with zero attached hydrogens (tertiary/aromatic N) is 2. The normalized spacial score (nSPS) is 11.4. The molecule has 1 aromatic heterocycles. The molecule has 76 valence electrons. The van der Waals surface area contributed by atoms with E-state index in [4.69, 9.17) is 0 Å². The van der Waals surface area contributed by atoms with Gasteiger partial charge in [0, 0.05) is 5.56 Å². The molecule has 0 bridgehead atoms. The van der Waals surface area contributed by atoms with E-state index in [0.29, 0.717) is 12.3 Å². The molecular formula is C7H5F3N2O2. The van der Waals surface area contributed by atoms with E-state index in [1.54, 1.807) is 0 Å². The van der Waals surface area contributed by atoms with Gasteiger partial charge >= 0.3 is 6.18 Å². The summed E-state index contributed by atoms with van der Waals surface area (Å²) in [6.07, 6.45) is -3.96. The minimum atomic E-state index is -4.57. The maximum Gasteiger partial charge on any atom is 0.433 e. The molecule has 1 rings (SSSR count). The van der Waals surface area contributed by atoms with Gasteiger partial charge in [0.1, 0.15) is 11.9 Å². The van der Waals surface area contributed by atoms with Crippen LogP contribution in [0.1, 0.15) is 11.3 Å². The largest absolute Gasteiger partial charge is 0.433 e. The van der Waals surface area contributed by atoms with Gasteiger partial charge in [0.25, 0.3) is 5.69 Å². The van der Waals surface area contributed by atoms with Crippen LogP contribution >= 0.6 is 0 Å². The summed E-state index contributed by atoms with van der Waals surface area (Å²) in [4.78, 5) is 12.5. The van der Waals surface area contributed by atoms with Crippen molar-refractivity contribution in [2.75, 3.05) is 0 Å². The van der Waals surface area contributed by atoms with Crippen molar-refractivity contribution in [2.24, 2.45) is 0 Å². The van der Waals surface area contributed by atoms with Crippen LogP contribution in [0.2, 0.25) is 0 Å². The van der Waals surface area contributed by atoms with Crippen LogP contribution in [-0.2, 0) is 6.18 Å². The zero-order valence-corrected chi connectivity index (χ0v) is 7.00. The van der Waals surface area contributed by atoms with Gasteiger partial charge in [-0.1, -0.05) is 0 Å². The van der Waals surface area contributed by atoms with Crippen molar-refractivity contribution in [1.29, 1.82) is 0 Å². The first-order valence-corrected chi connectivity index (χ1v) is 3.50. The fourth-order valence-electron chi connectivity index (χ4n) is 0.895. The molecule has 1 aromatic rings. The highest BCUT2D eigenvalue weighted by molar-refractivity contribution is 5.37. The Morgan fingerprint density at radius 2 is 2.07 bits per heavy atom. The lowest BCUT2D eigenvalue weighted by atomic mass is 10.2. The number of aromatic nitrogens is 1. The van der Waals surface area contributed by atoms with Crippen LogP contribution in [-0.4, -0.2) is 9.91 Å². The topological polar surface area (TPSA) is 56.0 Å².